The van der Waals surface area contributed by atoms with Gasteiger partial charge in [-0.1, -0.05) is 6.07 Å². The van der Waals surface area contributed by atoms with Crippen LogP contribution in [0.3, 0.4) is 0 Å². The number of aryl methyl sites for hydroxylation is 2. The molecular formula is C14H19NO3. The minimum Gasteiger partial charge on any atom is -0.462 e. The Balaban J connectivity index is 2.92. The van der Waals surface area contributed by atoms with Crippen molar-refractivity contribution in [1.82, 2.24) is 5.32 Å². The van der Waals surface area contributed by atoms with Crippen LogP contribution in [-0.2, 0) is 20.9 Å². The van der Waals surface area contributed by atoms with Gasteiger partial charge in [0.15, 0.2) is 0 Å². The Labute approximate surface area is 107 Å². The third-order valence-electron chi connectivity index (χ3n) is 3.32. The molecule has 0 aromatic heterocycles. The van der Waals surface area contributed by atoms with Crippen LogP contribution in [0.5, 0.6) is 0 Å². The number of hydrogen-bond acceptors (Lipinski definition) is 3. The minimum absolute atomic E-state index is 0.341. The highest BCUT2D eigenvalue weighted by Gasteiger charge is 2.15. The fourth-order valence-corrected chi connectivity index (χ4v) is 1.90. The van der Waals surface area contributed by atoms with E-state index < -0.39 is 11.9 Å². The molecule has 0 fully saturated rings. The van der Waals surface area contributed by atoms with E-state index in [4.69, 9.17) is 0 Å². The number of carbonyl (C=O) groups is 2. The van der Waals surface area contributed by atoms with E-state index in [1.54, 1.807) is 0 Å². The average molecular weight is 249 g/mol. The summed E-state index contributed by atoms with van der Waals surface area (Å²) >= 11 is 0. The second-order valence-corrected chi connectivity index (χ2v) is 4.41. The first kappa shape index (κ1) is 14.2. The van der Waals surface area contributed by atoms with Crippen LogP contribution in [0.4, 0.5) is 0 Å². The monoisotopic (exact) mass is 249 g/mol. The Morgan fingerprint density at radius 3 is 2.06 bits per heavy atom. The fourth-order valence-electron chi connectivity index (χ4n) is 1.90. The van der Waals surface area contributed by atoms with E-state index >= 15 is 0 Å². The van der Waals surface area contributed by atoms with Gasteiger partial charge in [-0.2, -0.15) is 0 Å². The standard InChI is InChI=1S/C14H19NO3/c1-8-6-9(2)11(4)12(10(8)3)7-15-13(16)14(17)18-5/h6H,7H2,1-5H3,(H,15,16). The lowest BCUT2D eigenvalue weighted by molar-refractivity contribution is -0.152. The summed E-state index contributed by atoms with van der Waals surface area (Å²) < 4.78 is 4.36. The molecule has 0 radical (unpaired) electrons. The summed E-state index contributed by atoms with van der Waals surface area (Å²) in [6.45, 7) is 8.44. The number of benzene rings is 1. The van der Waals surface area contributed by atoms with Gasteiger partial charge < -0.3 is 10.1 Å². The summed E-state index contributed by atoms with van der Waals surface area (Å²) in [5, 5.41) is 2.57. The van der Waals surface area contributed by atoms with Gasteiger partial charge >= 0.3 is 11.9 Å². The summed E-state index contributed by atoms with van der Waals surface area (Å²) in [7, 11) is 1.19. The number of amides is 1. The van der Waals surface area contributed by atoms with Gasteiger partial charge in [0.2, 0.25) is 0 Å². The molecule has 0 unspecified atom stereocenters. The molecule has 0 aliphatic carbocycles. The van der Waals surface area contributed by atoms with E-state index in [1.807, 2.05) is 27.7 Å². The van der Waals surface area contributed by atoms with Gasteiger partial charge in [0.1, 0.15) is 0 Å². The summed E-state index contributed by atoms with van der Waals surface area (Å²) in [5.74, 6) is -1.58. The second-order valence-electron chi connectivity index (χ2n) is 4.41. The Morgan fingerprint density at radius 2 is 1.61 bits per heavy atom. The zero-order chi connectivity index (χ0) is 13.9. The highest BCUT2D eigenvalue weighted by Crippen LogP contribution is 2.21. The van der Waals surface area contributed by atoms with Crippen molar-refractivity contribution in [2.75, 3.05) is 7.11 Å². The van der Waals surface area contributed by atoms with Gasteiger partial charge in [0, 0.05) is 6.54 Å². The molecule has 98 valence electrons. The lowest BCUT2D eigenvalue weighted by Crippen LogP contribution is -2.31. The molecule has 0 saturated heterocycles. The van der Waals surface area contributed by atoms with Gasteiger partial charge in [0.05, 0.1) is 7.11 Å². The SMILES string of the molecule is COC(=O)C(=O)NCc1c(C)c(C)cc(C)c1C. The van der Waals surface area contributed by atoms with Crippen LogP contribution < -0.4 is 5.32 Å². The quantitative estimate of drug-likeness (QED) is 0.641. The molecule has 18 heavy (non-hydrogen) atoms. The highest BCUT2D eigenvalue weighted by atomic mass is 16.5. The maximum Gasteiger partial charge on any atom is 0.396 e. The van der Waals surface area contributed by atoms with Crippen LogP contribution in [0.25, 0.3) is 0 Å². The van der Waals surface area contributed by atoms with Crippen LogP contribution in [0.1, 0.15) is 27.8 Å². The van der Waals surface area contributed by atoms with Crippen molar-refractivity contribution < 1.29 is 14.3 Å². The molecule has 0 saturated carbocycles. The first-order chi connectivity index (χ1) is 8.38. The maximum absolute atomic E-state index is 11.4. The Bertz CT molecular complexity index is 466. The van der Waals surface area contributed by atoms with Gasteiger partial charge in [-0.05, 0) is 55.5 Å². The fraction of sp³-hybridized carbons (Fsp3) is 0.429. The molecule has 1 aromatic carbocycles. The molecule has 1 aromatic rings. The van der Waals surface area contributed by atoms with E-state index in [-0.39, 0.29) is 0 Å². The van der Waals surface area contributed by atoms with Crippen LogP contribution in [0.15, 0.2) is 6.07 Å². The van der Waals surface area contributed by atoms with Gasteiger partial charge in [-0.25, -0.2) is 4.79 Å². The highest BCUT2D eigenvalue weighted by molar-refractivity contribution is 6.32. The number of esters is 1. The Hall–Kier alpha value is -1.84. The Morgan fingerprint density at radius 1 is 1.11 bits per heavy atom. The van der Waals surface area contributed by atoms with E-state index in [0.717, 1.165) is 16.7 Å². The molecule has 4 heteroatoms. The number of ether oxygens (including phenoxy) is 1. The molecule has 0 bridgehead atoms. The normalized spacial score (nSPS) is 10.1. The molecular weight excluding hydrogens is 230 g/mol. The first-order valence-corrected chi connectivity index (χ1v) is 5.81. The summed E-state index contributed by atoms with van der Waals surface area (Å²) in [6.07, 6.45) is 0. The smallest absolute Gasteiger partial charge is 0.396 e. The number of rotatable bonds is 2. The van der Waals surface area contributed by atoms with Crippen molar-refractivity contribution >= 4 is 11.9 Å². The summed E-state index contributed by atoms with van der Waals surface area (Å²) in [4.78, 5) is 22.4. The molecule has 1 rings (SSSR count). The topological polar surface area (TPSA) is 55.4 Å². The molecule has 0 aliphatic rings. The zero-order valence-corrected chi connectivity index (χ0v) is 11.5. The van der Waals surface area contributed by atoms with Crippen molar-refractivity contribution in [2.45, 2.75) is 34.2 Å². The third-order valence-corrected chi connectivity index (χ3v) is 3.32. The number of carbonyl (C=O) groups excluding carboxylic acids is 2. The zero-order valence-electron chi connectivity index (χ0n) is 11.5. The molecule has 4 nitrogen and oxygen atoms in total. The van der Waals surface area contributed by atoms with Gasteiger partial charge in [-0.15, -0.1) is 0 Å². The molecule has 1 amide bonds. The molecule has 0 atom stereocenters. The summed E-state index contributed by atoms with van der Waals surface area (Å²) in [6, 6.07) is 2.12. The first-order valence-electron chi connectivity index (χ1n) is 5.81. The predicted molar refractivity (Wildman–Crippen MR) is 69.3 cm³/mol. The molecule has 0 aliphatic heterocycles. The van der Waals surface area contributed by atoms with Crippen LogP contribution in [0.2, 0.25) is 0 Å². The van der Waals surface area contributed by atoms with E-state index in [1.165, 1.54) is 18.2 Å². The van der Waals surface area contributed by atoms with Crippen molar-refractivity contribution in [1.29, 1.82) is 0 Å². The van der Waals surface area contributed by atoms with Crippen molar-refractivity contribution in [2.24, 2.45) is 0 Å². The summed E-state index contributed by atoms with van der Waals surface area (Å²) in [5.41, 5.74) is 5.71. The van der Waals surface area contributed by atoms with Crippen molar-refractivity contribution in [3.8, 4) is 0 Å². The van der Waals surface area contributed by atoms with E-state index in [2.05, 4.69) is 16.1 Å². The second kappa shape index (κ2) is 5.67. The lowest BCUT2D eigenvalue weighted by Gasteiger charge is -2.15. The van der Waals surface area contributed by atoms with E-state index in [9.17, 15) is 9.59 Å². The van der Waals surface area contributed by atoms with Crippen molar-refractivity contribution in [3.05, 3.63) is 33.9 Å². The number of hydrogen-bond donors (Lipinski definition) is 1. The van der Waals surface area contributed by atoms with Crippen LogP contribution in [0, 0.1) is 27.7 Å². The average Bonchev–Trinajstić information content (AvgIpc) is 2.35. The largest absolute Gasteiger partial charge is 0.462 e. The predicted octanol–water partition coefficient (Wildman–Crippen LogP) is 1.71. The minimum atomic E-state index is -0.866. The van der Waals surface area contributed by atoms with E-state index in [0.29, 0.717) is 6.54 Å². The number of nitrogens with one attached hydrogen (secondary N) is 1. The molecule has 1 N–H and O–H groups in total. The molecule has 0 spiro atoms. The van der Waals surface area contributed by atoms with Crippen LogP contribution in [-0.4, -0.2) is 19.0 Å². The lowest BCUT2D eigenvalue weighted by atomic mass is 9.94. The maximum atomic E-state index is 11.4. The number of methoxy groups -OCH3 is 1. The van der Waals surface area contributed by atoms with Crippen LogP contribution >= 0.6 is 0 Å². The Kier molecular flexibility index (Phi) is 4.48. The van der Waals surface area contributed by atoms with Gasteiger partial charge in [0.25, 0.3) is 0 Å². The molecule has 0 heterocycles. The third kappa shape index (κ3) is 2.88. The van der Waals surface area contributed by atoms with Gasteiger partial charge in [-0.3, -0.25) is 4.79 Å². The van der Waals surface area contributed by atoms with Crippen molar-refractivity contribution in [3.63, 3.8) is 0 Å².